The molecule has 5 heteroatoms. The number of phenolic OH excluding ortho intramolecular Hbond substituents is 1. The summed E-state index contributed by atoms with van der Waals surface area (Å²) in [5.41, 5.74) is 1.05. The Morgan fingerprint density at radius 1 is 0.957 bits per heavy atom. The summed E-state index contributed by atoms with van der Waals surface area (Å²) in [5.74, 6) is 0.105. The molecule has 0 saturated heterocycles. The normalized spacial score (nSPS) is 13.0. The molecule has 23 heavy (non-hydrogen) atoms. The lowest BCUT2D eigenvalue weighted by molar-refractivity contribution is 0.211. The predicted octanol–water partition coefficient (Wildman–Crippen LogP) is 4.94. The van der Waals surface area contributed by atoms with Crippen LogP contribution in [0.3, 0.4) is 0 Å². The molecule has 1 N–H and O–H groups in total. The summed E-state index contributed by atoms with van der Waals surface area (Å²) < 4.78 is 24.4. The quantitative estimate of drug-likeness (QED) is 0.695. The summed E-state index contributed by atoms with van der Waals surface area (Å²) >= 11 is 0. The van der Waals surface area contributed by atoms with Gasteiger partial charge in [0.05, 0.1) is 18.9 Å². The summed E-state index contributed by atoms with van der Waals surface area (Å²) in [6.45, 7) is 4.15. The molecule has 1 atom stereocenters. The molecule has 0 radical (unpaired) electrons. The summed E-state index contributed by atoms with van der Waals surface area (Å²) in [6.07, 6.45) is 0.468. The molecule has 124 valence electrons. The van der Waals surface area contributed by atoms with Crippen LogP contribution in [0.15, 0.2) is 54.6 Å². The van der Waals surface area contributed by atoms with Crippen LogP contribution >= 0.6 is 7.60 Å². The van der Waals surface area contributed by atoms with Gasteiger partial charge in [-0.1, -0.05) is 48.5 Å². The fourth-order valence-electron chi connectivity index (χ4n) is 2.58. The van der Waals surface area contributed by atoms with Crippen molar-refractivity contribution in [3.63, 3.8) is 0 Å². The molecule has 0 fully saturated rings. The van der Waals surface area contributed by atoms with Crippen molar-refractivity contribution >= 4 is 7.60 Å². The first-order valence-electron chi connectivity index (χ1n) is 7.81. The van der Waals surface area contributed by atoms with Crippen LogP contribution in [0.1, 0.15) is 30.6 Å². The first-order chi connectivity index (χ1) is 11.1. The van der Waals surface area contributed by atoms with Gasteiger partial charge in [0, 0.05) is 5.56 Å². The van der Waals surface area contributed by atoms with Gasteiger partial charge in [-0.25, -0.2) is 0 Å². The van der Waals surface area contributed by atoms with E-state index in [4.69, 9.17) is 9.05 Å². The van der Waals surface area contributed by atoms with Gasteiger partial charge in [-0.05, 0) is 31.9 Å². The van der Waals surface area contributed by atoms with Gasteiger partial charge in [0.25, 0.3) is 0 Å². The molecule has 0 aromatic heterocycles. The van der Waals surface area contributed by atoms with Crippen molar-refractivity contribution in [2.45, 2.75) is 25.9 Å². The van der Waals surface area contributed by atoms with Crippen LogP contribution in [-0.2, 0) is 20.0 Å². The topological polar surface area (TPSA) is 55.8 Å². The smallest absolute Gasteiger partial charge is 0.338 e. The Hall–Kier alpha value is -1.61. The van der Waals surface area contributed by atoms with Crippen molar-refractivity contribution in [2.24, 2.45) is 0 Å². The maximum Gasteiger partial charge on any atom is 0.338 e. The zero-order valence-corrected chi connectivity index (χ0v) is 14.4. The molecule has 2 rings (SSSR count). The average Bonchev–Trinajstić information content (AvgIpc) is 2.55. The number of para-hydroxylation sites is 1. The number of rotatable bonds is 8. The van der Waals surface area contributed by atoms with Crippen molar-refractivity contribution in [1.29, 1.82) is 0 Å². The molecule has 0 aliphatic heterocycles. The van der Waals surface area contributed by atoms with Gasteiger partial charge in [0.2, 0.25) is 0 Å². The van der Waals surface area contributed by atoms with E-state index in [-0.39, 0.29) is 19.0 Å². The van der Waals surface area contributed by atoms with Gasteiger partial charge in [-0.2, -0.15) is 0 Å². The molecule has 0 aliphatic rings. The second-order valence-corrected chi connectivity index (χ2v) is 7.36. The number of phenols is 1. The minimum Gasteiger partial charge on any atom is -0.508 e. The van der Waals surface area contributed by atoms with E-state index in [9.17, 15) is 9.67 Å². The molecule has 0 saturated carbocycles. The van der Waals surface area contributed by atoms with Crippen LogP contribution < -0.4 is 0 Å². The minimum atomic E-state index is -3.40. The van der Waals surface area contributed by atoms with Crippen LogP contribution in [0.2, 0.25) is 0 Å². The Bertz CT molecular complexity index is 647. The Labute approximate surface area is 137 Å². The largest absolute Gasteiger partial charge is 0.508 e. The lowest BCUT2D eigenvalue weighted by atomic mass is 10.0. The van der Waals surface area contributed by atoms with Gasteiger partial charge in [0.1, 0.15) is 5.75 Å². The first-order valence-corrected chi connectivity index (χ1v) is 9.42. The zero-order valence-electron chi connectivity index (χ0n) is 13.5. The molecule has 0 spiro atoms. The van der Waals surface area contributed by atoms with E-state index in [1.54, 1.807) is 32.0 Å². The Balaban J connectivity index is 2.46. The highest BCUT2D eigenvalue weighted by Gasteiger charge is 2.38. The number of hydrogen-bond donors (Lipinski definition) is 1. The molecule has 0 aliphatic carbocycles. The zero-order chi connectivity index (χ0) is 16.7. The molecule has 0 bridgehead atoms. The summed E-state index contributed by atoms with van der Waals surface area (Å²) in [5, 5.41) is 10.2. The Kier molecular flexibility index (Phi) is 6.40. The fraction of sp³-hybridized carbons (Fsp3) is 0.333. The van der Waals surface area contributed by atoms with E-state index >= 15 is 0 Å². The standard InChI is InChI=1S/C18H23O4P/c1-3-21-23(20,22-4-2)18(14-15-10-6-5-7-11-15)16-12-8-9-13-17(16)19/h5-13,18-19H,3-4,14H2,1-2H3. The molecule has 0 heterocycles. The number of benzene rings is 2. The van der Waals surface area contributed by atoms with E-state index in [0.29, 0.717) is 12.0 Å². The van der Waals surface area contributed by atoms with Crippen molar-refractivity contribution < 1.29 is 18.7 Å². The van der Waals surface area contributed by atoms with Gasteiger partial charge >= 0.3 is 7.60 Å². The fourth-order valence-corrected chi connectivity index (χ4v) is 4.72. The second kappa shape index (κ2) is 8.30. The minimum absolute atomic E-state index is 0.105. The summed E-state index contributed by atoms with van der Waals surface area (Å²) in [4.78, 5) is 0. The second-order valence-electron chi connectivity index (χ2n) is 5.14. The highest BCUT2D eigenvalue weighted by atomic mass is 31.2. The molecule has 2 aromatic rings. The monoisotopic (exact) mass is 334 g/mol. The van der Waals surface area contributed by atoms with Crippen LogP contribution in [0.4, 0.5) is 0 Å². The van der Waals surface area contributed by atoms with Crippen LogP contribution in [-0.4, -0.2) is 18.3 Å². The Morgan fingerprint density at radius 3 is 2.09 bits per heavy atom. The third-order valence-electron chi connectivity index (χ3n) is 3.57. The van der Waals surface area contributed by atoms with Crippen molar-refractivity contribution in [2.75, 3.05) is 13.2 Å². The van der Waals surface area contributed by atoms with Crippen molar-refractivity contribution in [3.8, 4) is 5.75 Å². The lowest BCUT2D eigenvalue weighted by Crippen LogP contribution is -2.10. The van der Waals surface area contributed by atoms with Crippen LogP contribution in [0.5, 0.6) is 5.75 Å². The molecular weight excluding hydrogens is 311 g/mol. The lowest BCUT2D eigenvalue weighted by Gasteiger charge is -2.27. The molecule has 1 unspecified atom stereocenters. The van der Waals surface area contributed by atoms with E-state index in [1.807, 2.05) is 36.4 Å². The SMILES string of the molecule is CCOP(=O)(OCC)C(Cc1ccccc1)c1ccccc1O. The van der Waals surface area contributed by atoms with Crippen molar-refractivity contribution in [3.05, 3.63) is 65.7 Å². The van der Waals surface area contributed by atoms with E-state index < -0.39 is 13.3 Å². The molecule has 2 aromatic carbocycles. The summed E-state index contributed by atoms with van der Waals surface area (Å²) in [6, 6.07) is 16.7. The van der Waals surface area contributed by atoms with Crippen molar-refractivity contribution in [1.82, 2.24) is 0 Å². The third-order valence-corrected chi connectivity index (χ3v) is 6.03. The van der Waals surface area contributed by atoms with Gasteiger partial charge in [0.15, 0.2) is 0 Å². The van der Waals surface area contributed by atoms with Gasteiger partial charge < -0.3 is 14.2 Å². The predicted molar refractivity (Wildman–Crippen MR) is 91.9 cm³/mol. The van der Waals surface area contributed by atoms with Crippen LogP contribution in [0, 0.1) is 0 Å². The first kappa shape index (κ1) is 17.7. The highest BCUT2D eigenvalue weighted by molar-refractivity contribution is 7.54. The maximum atomic E-state index is 13.3. The van der Waals surface area contributed by atoms with E-state index in [2.05, 4.69) is 0 Å². The maximum absolute atomic E-state index is 13.3. The van der Waals surface area contributed by atoms with Gasteiger partial charge in [-0.15, -0.1) is 0 Å². The molecule has 0 amide bonds. The third kappa shape index (κ3) is 4.44. The van der Waals surface area contributed by atoms with E-state index in [0.717, 1.165) is 5.56 Å². The molecule has 4 nitrogen and oxygen atoms in total. The highest BCUT2D eigenvalue weighted by Crippen LogP contribution is 2.63. The number of hydrogen-bond acceptors (Lipinski definition) is 4. The average molecular weight is 334 g/mol. The van der Waals surface area contributed by atoms with Crippen LogP contribution in [0.25, 0.3) is 0 Å². The molecular formula is C18H23O4P. The van der Waals surface area contributed by atoms with E-state index in [1.165, 1.54) is 0 Å². The van der Waals surface area contributed by atoms with Gasteiger partial charge in [-0.3, -0.25) is 4.57 Å². The number of aromatic hydroxyl groups is 1. The Morgan fingerprint density at radius 2 is 1.52 bits per heavy atom. The summed E-state index contributed by atoms with van der Waals surface area (Å²) in [7, 11) is -3.40.